The van der Waals surface area contributed by atoms with E-state index in [1.165, 1.54) is 12.8 Å². The molecule has 0 saturated carbocycles. The quantitative estimate of drug-likeness (QED) is 0.778. The average Bonchev–Trinajstić information content (AvgIpc) is 2.69. The van der Waals surface area contributed by atoms with Crippen molar-refractivity contribution in [2.45, 2.75) is 50.9 Å². The Morgan fingerprint density at radius 2 is 2.17 bits per heavy atom. The lowest BCUT2D eigenvalue weighted by molar-refractivity contribution is -0.169. The van der Waals surface area contributed by atoms with Crippen LogP contribution in [0.1, 0.15) is 39.0 Å². The van der Waals surface area contributed by atoms with Gasteiger partial charge in [-0.2, -0.15) is 0 Å². The molecular formula is C13H23NO4. The third kappa shape index (κ3) is 3.93. The molecule has 2 fully saturated rings. The van der Waals surface area contributed by atoms with E-state index in [2.05, 4.69) is 5.32 Å². The number of nitrogens with one attached hydrogen (secondary N) is 1. The molecule has 5 heteroatoms. The molecule has 0 amide bonds. The number of ether oxygens (including phenoxy) is 2. The van der Waals surface area contributed by atoms with Crippen LogP contribution in [-0.2, 0) is 14.3 Å². The summed E-state index contributed by atoms with van der Waals surface area (Å²) in [6.45, 7) is 4.65. The zero-order valence-electron chi connectivity index (χ0n) is 11.0. The van der Waals surface area contributed by atoms with E-state index in [9.17, 15) is 4.79 Å². The molecule has 18 heavy (non-hydrogen) atoms. The smallest absolute Gasteiger partial charge is 0.303 e. The van der Waals surface area contributed by atoms with Crippen molar-refractivity contribution in [1.82, 2.24) is 5.32 Å². The molecule has 5 nitrogen and oxygen atoms in total. The molecule has 0 aromatic heterocycles. The highest BCUT2D eigenvalue weighted by Crippen LogP contribution is 2.34. The fourth-order valence-electron chi connectivity index (χ4n) is 2.83. The zero-order chi connectivity index (χ0) is 13.0. The molecule has 0 aromatic rings. The number of carboxylic acids is 1. The van der Waals surface area contributed by atoms with Crippen molar-refractivity contribution in [3.8, 4) is 0 Å². The summed E-state index contributed by atoms with van der Waals surface area (Å²) in [7, 11) is 0. The number of rotatable bonds is 5. The molecule has 0 spiro atoms. The Morgan fingerprint density at radius 1 is 1.44 bits per heavy atom. The summed E-state index contributed by atoms with van der Waals surface area (Å²) < 4.78 is 11.6. The Kier molecular flexibility index (Phi) is 4.59. The first-order chi connectivity index (χ1) is 8.57. The Bertz CT molecular complexity index is 291. The average molecular weight is 257 g/mol. The second kappa shape index (κ2) is 5.99. The van der Waals surface area contributed by atoms with Gasteiger partial charge in [0.25, 0.3) is 0 Å². The molecule has 2 aliphatic rings. The van der Waals surface area contributed by atoms with E-state index in [4.69, 9.17) is 14.6 Å². The van der Waals surface area contributed by atoms with Crippen molar-refractivity contribution in [3.63, 3.8) is 0 Å². The minimum atomic E-state index is -0.773. The van der Waals surface area contributed by atoms with Gasteiger partial charge in [-0.3, -0.25) is 4.79 Å². The SMILES string of the molecule is CC1(CC2CCNCC2)OCC(CCC(=O)O)O1. The van der Waals surface area contributed by atoms with Gasteiger partial charge in [0.05, 0.1) is 12.7 Å². The van der Waals surface area contributed by atoms with Gasteiger partial charge >= 0.3 is 5.97 Å². The third-order valence-electron chi connectivity index (χ3n) is 3.79. The van der Waals surface area contributed by atoms with Crippen molar-refractivity contribution < 1.29 is 19.4 Å². The fraction of sp³-hybridized carbons (Fsp3) is 0.923. The Labute approximate surface area is 108 Å². The predicted octanol–water partition coefficient (Wildman–Crippen LogP) is 1.37. The van der Waals surface area contributed by atoms with Crippen LogP contribution in [0.25, 0.3) is 0 Å². The predicted molar refractivity (Wildman–Crippen MR) is 66.3 cm³/mol. The van der Waals surface area contributed by atoms with E-state index in [0.717, 1.165) is 19.5 Å². The van der Waals surface area contributed by atoms with E-state index >= 15 is 0 Å². The zero-order valence-corrected chi connectivity index (χ0v) is 11.0. The maximum atomic E-state index is 10.5. The van der Waals surface area contributed by atoms with Crippen LogP contribution >= 0.6 is 0 Å². The number of carboxylic acid groups (broad SMARTS) is 1. The summed E-state index contributed by atoms with van der Waals surface area (Å²) >= 11 is 0. The summed E-state index contributed by atoms with van der Waals surface area (Å²) in [4.78, 5) is 10.5. The van der Waals surface area contributed by atoms with Gasteiger partial charge in [0, 0.05) is 12.8 Å². The minimum Gasteiger partial charge on any atom is -0.481 e. The molecule has 0 bridgehead atoms. The number of hydrogen-bond donors (Lipinski definition) is 2. The van der Waals surface area contributed by atoms with Crippen LogP contribution in [-0.4, -0.2) is 42.7 Å². The van der Waals surface area contributed by atoms with Crippen LogP contribution in [0.2, 0.25) is 0 Å². The van der Waals surface area contributed by atoms with Gasteiger partial charge in [-0.1, -0.05) is 0 Å². The van der Waals surface area contributed by atoms with Crippen LogP contribution in [0.5, 0.6) is 0 Å². The normalized spacial score (nSPS) is 33.7. The lowest BCUT2D eigenvalue weighted by Gasteiger charge is -2.30. The van der Waals surface area contributed by atoms with Crippen molar-refractivity contribution in [1.29, 1.82) is 0 Å². The van der Waals surface area contributed by atoms with Crippen LogP contribution < -0.4 is 5.32 Å². The van der Waals surface area contributed by atoms with Crippen LogP contribution in [0, 0.1) is 5.92 Å². The fourth-order valence-corrected chi connectivity index (χ4v) is 2.83. The molecule has 2 atom stereocenters. The van der Waals surface area contributed by atoms with E-state index in [1.807, 2.05) is 6.92 Å². The largest absolute Gasteiger partial charge is 0.481 e. The van der Waals surface area contributed by atoms with Crippen molar-refractivity contribution in [3.05, 3.63) is 0 Å². The van der Waals surface area contributed by atoms with Gasteiger partial charge in [-0.05, 0) is 45.2 Å². The Hall–Kier alpha value is -0.650. The Balaban J connectivity index is 1.76. The summed E-state index contributed by atoms with van der Waals surface area (Å²) in [6.07, 6.45) is 3.88. The van der Waals surface area contributed by atoms with Crippen LogP contribution in [0.15, 0.2) is 0 Å². The molecule has 2 saturated heterocycles. The molecule has 2 aliphatic heterocycles. The first kappa shape index (κ1) is 13.8. The maximum absolute atomic E-state index is 10.5. The summed E-state index contributed by atoms with van der Waals surface area (Å²) in [5.74, 6) is -0.634. The maximum Gasteiger partial charge on any atom is 0.303 e. The second-order valence-electron chi connectivity index (χ2n) is 5.51. The molecule has 104 valence electrons. The Morgan fingerprint density at radius 3 is 2.83 bits per heavy atom. The minimum absolute atomic E-state index is 0.0622. The van der Waals surface area contributed by atoms with Crippen molar-refractivity contribution >= 4 is 5.97 Å². The summed E-state index contributed by atoms with van der Waals surface area (Å²) in [6, 6.07) is 0. The number of carbonyl (C=O) groups is 1. The number of aliphatic carboxylic acids is 1. The first-order valence-corrected chi connectivity index (χ1v) is 6.82. The summed E-state index contributed by atoms with van der Waals surface area (Å²) in [5, 5.41) is 12.0. The van der Waals surface area contributed by atoms with Gasteiger partial charge in [0.15, 0.2) is 5.79 Å². The van der Waals surface area contributed by atoms with Crippen LogP contribution in [0.4, 0.5) is 0 Å². The van der Waals surface area contributed by atoms with E-state index in [0.29, 0.717) is 18.9 Å². The first-order valence-electron chi connectivity index (χ1n) is 6.82. The lowest BCUT2D eigenvalue weighted by Crippen LogP contribution is -2.35. The molecular weight excluding hydrogens is 234 g/mol. The van der Waals surface area contributed by atoms with Gasteiger partial charge in [0.2, 0.25) is 0 Å². The number of piperidine rings is 1. The van der Waals surface area contributed by atoms with Crippen LogP contribution in [0.3, 0.4) is 0 Å². The van der Waals surface area contributed by atoms with Crippen molar-refractivity contribution in [2.24, 2.45) is 5.92 Å². The standard InChI is InChI=1S/C13H23NO4/c1-13(8-10-4-6-14-7-5-10)17-9-11(18-13)2-3-12(15)16/h10-11,14H,2-9H2,1H3,(H,15,16). The second-order valence-corrected chi connectivity index (χ2v) is 5.51. The summed E-state index contributed by atoms with van der Waals surface area (Å²) in [5.41, 5.74) is 0. The third-order valence-corrected chi connectivity index (χ3v) is 3.79. The highest BCUT2D eigenvalue weighted by atomic mass is 16.7. The molecule has 2 heterocycles. The molecule has 0 aromatic carbocycles. The highest BCUT2D eigenvalue weighted by molar-refractivity contribution is 5.66. The monoisotopic (exact) mass is 257 g/mol. The van der Waals surface area contributed by atoms with E-state index in [-0.39, 0.29) is 12.5 Å². The molecule has 2 N–H and O–H groups in total. The van der Waals surface area contributed by atoms with Gasteiger partial charge in [0.1, 0.15) is 0 Å². The van der Waals surface area contributed by atoms with Crippen molar-refractivity contribution in [2.75, 3.05) is 19.7 Å². The van der Waals surface area contributed by atoms with E-state index < -0.39 is 11.8 Å². The number of hydrogen-bond acceptors (Lipinski definition) is 4. The molecule has 0 aliphatic carbocycles. The lowest BCUT2D eigenvalue weighted by atomic mass is 9.91. The topological polar surface area (TPSA) is 67.8 Å². The van der Waals surface area contributed by atoms with Gasteiger partial charge < -0.3 is 19.9 Å². The van der Waals surface area contributed by atoms with E-state index in [1.54, 1.807) is 0 Å². The van der Waals surface area contributed by atoms with Gasteiger partial charge in [-0.25, -0.2) is 0 Å². The van der Waals surface area contributed by atoms with Gasteiger partial charge in [-0.15, -0.1) is 0 Å². The highest BCUT2D eigenvalue weighted by Gasteiger charge is 2.39. The molecule has 2 rings (SSSR count). The molecule has 2 unspecified atom stereocenters. The molecule has 0 radical (unpaired) electrons.